The van der Waals surface area contributed by atoms with E-state index in [1.165, 1.54) is 50.0 Å². The fourth-order valence-corrected chi connectivity index (χ4v) is 3.94. The van der Waals surface area contributed by atoms with Crippen molar-refractivity contribution in [2.24, 2.45) is 0 Å². The molecule has 0 spiro atoms. The van der Waals surface area contributed by atoms with E-state index in [0.29, 0.717) is 0 Å². The van der Waals surface area contributed by atoms with Crippen LogP contribution >= 0.6 is 11.8 Å². The maximum atomic E-state index is 3.69. The first-order valence-electron chi connectivity index (χ1n) is 7.27. The van der Waals surface area contributed by atoms with Crippen LogP contribution in [-0.2, 0) is 5.75 Å². The second kappa shape index (κ2) is 7.85. The zero-order chi connectivity index (χ0) is 12.6. The van der Waals surface area contributed by atoms with Gasteiger partial charge in [0.05, 0.1) is 0 Å². The summed E-state index contributed by atoms with van der Waals surface area (Å²) in [6.07, 6.45) is 6.79. The number of thioether (sulfide) groups is 1. The minimum absolute atomic E-state index is 0.770. The van der Waals surface area contributed by atoms with E-state index in [0.717, 1.165) is 11.3 Å². The number of benzene rings is 1. The molecule has 1 saturated carbocycles. The van der Waals surface area contributed by atoms with Gasteiger partial charge in [-0.3, -0.25) is 0 Å². The molecule has 1 N–H and O–H groups in total. The van der Waals surface area contributed by atoms with Crippen LogP contribution in [0.15, 0.2) is 30.3 Å². The summed E-state index contributed by atoms with van der Waals surface area (Å²) in [6, 6.07) is 11.6. The molecule has 0 aromatic heterocycles. The normalized spacial score (nSPS) is 24.1. The first kappa shape index (κ1) is 14.0. The Kier molecular flexibility index (Phi) is 6.09. The average Bonchev–Trinajstić information content (AvgIpc) is 2.44. The van der Waals surface area contributed by atoms with Gasteiger partial charge in [-0.2, -0.15) is 11.8 Å². The quantitative estimate of drug-likeness (QED) is 0.824. The molecule has 0 amide bonds. The first-order valence-corrected chi connectivity index (χ1v) is 8.32. The molecule has 1 aliphatic rings. The van der Waals surface area contributed by atoms with Gasteiger partial charge in [-0.1, -0.05) is 43.7 Å². The van der Waals surface area contributed by atoms with Crippen LogP contribution in [-0.4, -0.2) is 17.8 Å². The van der Waals surface area contributed by atoms with E-state index in [1.54, 1.807) is 0 Å². The highest BCUT2D eigenvalue weighted by molar-refractivity contribution is 7.99. The Hall–Kier alpha value is -0.470. The van der Waals surface area contributed by atoms with Crippen LogP contribution in [0.4, 0.5) is 0 Å². The Bertz CT molecular complexity index is 325. The summed E-state index contributed by atoms with van der Waals surface area (Å²) >= 11 is 2.15. The highest BCUT2D eigenvalue weighted by Gasteiger charge is 2.21. The summed E-state index contributed by atoms with van der Waals surface area (Å²) in [4.78, 5) is 0. The Balaban J connectivity index is 1.72. The van der Waals surface area contributed by atoms with Crippen molar-refractivity contribution in [3.63, 3.8) is 0 Å². The zero-order valence-electron chi connectivity index (χ0n) is 11.4. The van der Waals surface area contributed by atoms with Gasteiger partial charge in [-0.15, -0.1) is 0 Å². The molecular formula is C16H25NS. The lowest BCUT2D eigenvalue weighted by molar-refractivity contribution is 0.381. The SMILES string of the molecule is CCCNC1CCCC(SCc2ccccc2)C1. The summed E-state index contributed by atoms with van der Waals surface area (Å²) in [6.45, 7) is 3.43. The number of nitrogens with one attached hydrogen (secondary N) is 1. The van der Waals surface area contributed by atoms with E-state index >= 15 is 0 Å². The summed E-state index contributed by atoms with van der Waals surface area (Å²) < 4.78 is 0. The lowest BCUT2D eigenvalue weighted by Gasteiger charge is -2.29. The Morgan fingerprint density at radius 3 is 2.83 bits per heavy atom. The molecule has 100 valence electrons. The predicted octanol–water partition coefficient (Wildman–Crippen LogP) is 4.23. The van der Waals surface area contributed by atoms with Crippen LogP contribution in [0.5, 0.6) is 0 Å². The van der Waals surface area contributed by atoms with Crippen molar-refractivity contribution >= 4 is 11.8 Å². The molecule has 0 radical (unpaired) electrons. The monoisotopic (exact) mass is 263 g/mol. The van der Waals surface area contributed by atoms with Crippen molar-refractivity contribution in [2.75, 3.05) is 6.54 Å². The fourth-order valence-electron chi connectivity index (χ4n) is 2.62. The summed E-state index contributed by atoms with van der Waals surface area (Å²) in [7, 11) is 0. The molecule has 1 aromatic carbocycles. The topological polar surface area (TPSA) is 12.0 Å². The van der Waals surface area contributed by atoms with Crippen molar-refractivity contribution in [1.29, 1.82) is 0 Å². The van der Waals surface area contributed by atoms with E-state index in [-0.39, 0.29) is 0 Å². The second-order valence-corrected chi connectivity index (χ2v) is 6.52. The van der Waals surface area contributed by atoms with E-state index in [1.807, 2.05) is 0 Å². The van der Waals surface area contributed by atoms with E-state index in [9.17, 15) is 0 Å². The molecule has 1 fully saturated rings. The van der Waals surface area contributed by atoms with Gasteiger partial charge in [0, 0.05) is 17.0 Å². The van der Waals surface area contributed by atoms with Crippen molar-refractivity contribution < 1.29 is 0 Å². The highest BCUT2D eigenvalue weighted by atomic mass is 32.2. The highest BCUT2D eigenvalue weighted by Crippen LogP contribution is 2.30. The molecule has 2 rings (SSSR count). The molecule has 0 bridgehead atoms. The fraction of sp³-hybridized carbons (Fsp3) is 0.625. The van der Waals surface area contributed by atoms with E-state index in [2.05, 4.69) is 54.3 Å². The van der Waals surface area contributed by atoms with Crippen molar-refractivity contribution in [3.8, 4) is 0 Å². The Morgan fingerprint density at radius 1 is 1.22 bits per heavy atom. The predicted molar refractivity (Wildman–Crippen MR) is 82.1 cm³/mol. The molecule has 2 heteroatoms. The molecule has 1 aliphatic carbocycles. The molecular weight excluding hydrogens is 238 g/mol. The van der Waals surface area contributed by atoms with Crippen LogP contribution in [0, 0.1) is 0 Å². The van der Waals surface area contributed by atoms with E-state index < -0.39 is 0 Å². The van der Waals surface area contributed by atoms with Crippen LogP contribution in [0.2, 0.25) is 0 Å². The second-order valence-electron chi connectivity index (χ2n) is 5.24. The maximum absolute atomic E-state index is 3.69. The smallest absolute Gasteiger partial charge is 0.0187 e. The minimum atomic E-state index is 0.770. The molecule has 0 heterocycles. The number of rotatable bonds is 6. The van der Waals surface area contributed by atoms with Crippen LogP contribution in [0.3, 0.4) is 0 Å². The van der Waals surface area contributed by atoms with Gasteiger partial charge in [0.25, 0.3) is 0 Å². The molecule has 1 nitrogen and oxygen atoms in total. The van der Waals surface area contributed by atoms with Crippen LogP contribution in [0.25, 0.3) is 0 Å². The third kappa shape index (κ3) is 4.66. The molecule has 18 heavy (non-hydrogen) atoms. The van der Waals surface area contributed by atoms with Gasteiger partial charge in [-0.25, -0.2) is 0 Å². The molecule has 0 saturated heterocycles. The minimum Gasteiger partial charge on any atom is -0.314 e. The van der Waals surface area contributed by atoms with Gasteiger partial charge in [0.1, 0.15) is 0 Å². The van der Waals surface area contributed by atoms with Crippen LogP contribution in [0.1, 0.15) is 44.6 Å². The zero-order valence-corrected chi connectivity index (χ0v) is 12.2. The molecule has 0 aliphatic heterocycles. The summed E-state index contributed by atoms with van der Waals surface area (Å²) in [5.41, 5.74) is 1.46. The van der Waals surface area contributed by atoms with Crippen molar-refractivity contribution in [1.82, 2.24) is 5.32 Å². The van der Waals surface area contributed by atoms with Gasteiger partial charge < -0.3 is 5.32 Å². The lowest BCUT2D eigenvalue weighted by atomic mass is 9.95. The Morgan fingerprint density at radius 2 is 2.06 bits per heavy atom. The summed E-state index contributed by atoms with van der Waals surface area (Å²) in [5.74, 6) is 1.17. The maximum Gasteiger partial charge on any atom is 0.0187 e. The largest absolute Gasteiger partial charge is 0.314 e. The standard InChI is InChI=1S/C16H25NS/c1-2-11-17-15-9-6-10-16(12-15)18-13-14-7-4-3-5-8-14/h3-5,7-8,15-17H,2,6,9-13H2,1H3. The lowest BCUT2D eigenvalue weighted by Crippen LogP contribution is -2.35. The van der Waals surface area contributed by atoms with Gasteiger partial charge >= 0.3 is 0 Å². The Labute approximate surface area is 116 Å². The third-order valence-corrected chi connectivity index (χ3v) is 5.04. The van der Waals surface area contributed by atoms with Crippen molar-refractivity contribution in [2.45, 2.75) is 56.1 Å². The summed E-state index contributed by atoms with van der Waals surface area (Å²) in [5, 5.41) is 4.54. The van der Waals surface area contributed by atoms with Gasteiger partial charge in [-0.05, 0) is 37.8 Å². The molecule has 1 aromatic rings. The number of hydrogen-bond acceptors (Lipinski definition) is 2. The molecule has 2 unspecified atom stereocenters. The van der Waals surface area contributed by atoms with Gasteiger partial charge in [0.15, 0.2) is 0 Å². The molecule has 2 atom stereocenters. The third-order valence-electron chi connectivity index (χ3n) is 3.64. The van der Waals surface area contributed by atoms with E-state index in [4.69, 9.17) is 0 Å². The first-order chi connectivity index (χ1) is 8.88. The van der Waals surface area contributed by atoms with Gasteiger partial charge in [0.2, 0.25) is 0 Å². The average molecular weight is 263 g/mol. The van der Waals surface area contributed by atoms with Crippen LogP contribution < -0.4 is 5.32 Å². The number of hydrogen-bond donors (Lipinski definition) is 1. The van der Waals surface area contributed by atoms with Crippen molar-refractivity contribution in [3.05, 3.63) is 35.9 Å².